The van der Waals surface area contributed by atoms with Crippen molar-refractivity contribution in [3.05, 3.63) is 35.9 Å². The van der Waals surface area contributed by atoms with Crippen LogP contribution in [0.15, 0.2) is 30.3 Å². The van der Waals surface area contributed by atoms with Crippen molar-refractivity contribution in [1.82, 2.24) is 5.32 Å². The van der Waals surface area contributed by atoms with Gasteiger partial charge in [0.25, 0.3) is 0 Å². The number of amides is 1. The Kier molecular flexibility index (Phi) is 4.93. The van der Waals surface area contributed by atoms with E-state index in [1.807, 2.05) is 18.2 Å². The van der Waals surface area contributed by atoms with Crippen LogP contribution < -0.4 is 11.1 Å². The number of hydrogen-bond acceptors (Lipinski definition) is 3. The molecule has 1 heterocycles. The van der Waals surface area contributed by atoms with Crippen molar-refractivity contribution < 1.29 is 9.53 Å². The van der Waals surface area contributed by atoms with E-state index < -0.39 is 0 Å². The molecule has 0 radical (unpaired) electrons. The first kappa shape index (κ1) is 14.0. The van der Waals surface area contributed by atoms with Crippen molar-refractivity contribution >= 4 is 5.91 Å². The van der Waals surface area contributed by atoms with Crippen molar-refractivity contribution in [2.75, 3.05) is 13.1 Å². The zero-order chi connectivity index (χ0) is 13.7. The lowest BCUT2D eigenvalue weighted by atomic mass is 10.0. The molecule has 19 heavy (non-hydrogen) atoms. The smallest absolute Gasteiger partial charge is 0.249 e. The Morgan fingerprint density at radius 1 is 1.42 bits per heavy atom. The third kappa shape index (κ3) is 3.78. The number of rotatable bonds is 5. The quantitative estimate of drug-likeness (QED) is 0.843. The first-order valence-corrected chi connectivity index (χ1v) is 6.89. The second-order valence-corrected chi connectivity index (χ2v) is 5.12. The Morgan fingerprint density at radius 2 is 2.16 bits per heavy atom. The highest BCUT2D eigenvalue weighted by Gasteiger charge is 2.29. The summed E-state index contributed by atoms with van der Waals surface area (Å²) in [6, 6.07) is 10.2. The lowest BCUT2D eigenvalue weighted by molar-refractivity contribution is -0.131. The minimum atomic E-state index is -0.323. The van der Waals surface area contributed by atoms with E-state index in [2.05, 4.69) is 24.4 Å². The molecule has 1 saturated heterocycles. The summed E-state index contributed by atoms with van der Waals surface area (Å²) in [5.41, 5.74) is 6.77. The molecule has 1 aliphatic heterocycles. The van der Waals surface area contributed by atoms with Crippen LogP contribution in [-0.4, -0.2) is 31.2 Å². The molecular weight excluding hydrogens is 240 g/mol. The average Bonchev–Trinajstić information content (AvgIpc) is 2.94. The van der Waals surface area contributed by atoms with E-state index in [4.69, 9.17) is 10.5 Å². The lowest BCUT2D eigenvalue weighted by Crippen LogP contribution is -2.37. The van der Waals surface area contributed by atoms with Crippen molar-refractivity contribution in [2.45, 2.75) is 37.9 Å². The first-order valence-electron chi connectivity index (χ1n) is 6.89. The topological polar surface area (TPSA) is 64.4 Å². The van der Waals surface area contributed by atoms with Gasteiger partial charge in [0.05, 0.1) is 6.10 Å². The molecule has 0 spiro atoms. The second-order valence-electron chi connectivity index (χ2n) is 5.12. The van der Waals surface area contributed by atoms with E-state index in [1.165, 1.54) is 5.56 Å². The zero-order valence-electron chi connectivity index (χ0n) is 11.3. The summed E-state index contributed by atoms with van der Waals surface area (Å²) in [5.74, 6) is 0.288. The molecule has 1 aromatic rings. The molecule has 4 nitrogen and oxygen atoms in total. The molecule has 2 rings (SSSR count). The number of carbonyl (C=O) groups excluding carboxylic acids is 1. The number of nitrogens with one attached hydrogen (secondary N) is 1. The molecule has 3 unspecified atom stereocenters. The summed E-state index contributed by atoms with van der Waals surface area (Å²) < 4.78 is 5.57. The van der Waals surface area contributed by atoms with Crippen molar-refractivity contribution in [2.24, 2.45) is 5.73 Å². The summed E-state index contributed by atoms with van der Waals surface area (Å²) in [4.78, 5) is 12.0. The highest BCUT2D eigenvalue weighted by molar-refractivity contribution is 5.81. The Labute approximate surface area is 114 Å². The summed E-state index contributed by atoms with van der Waals surface area (Å²) in [5, 5.41) is 2.96. The number of hydrogen-bond donors (Lipinski definition) is 2. The number of ether oxygens (including phenoxy) is 1. The molecule has 0 aliphatic carbocycles. The number of carbonyl (C=O) groups is 1. The van der Waals surface area contributed by atoms with Gasteiger partial charge in [-0.15, -0.1) is 0 Å². The van der Waals surface area contributed by atoms with Crippen LogP contribution in [0.3, 0.4) is 0 Å². The monoisotopic (exact) mass is 262 g/mol. The van der Waals surface area contributed by atoms with Gasteiger partial charge in [0.2, 0.25) is 5.91 Å². The second kappa shape index (κ2) is 6.68. The molecule has 1 aromatic carbocycles. The van der Waals surface area contributed by atoms with Crippen molar-refractivity contribution in [3.63, 3.8) is 0 Å². The fraction of sp³-hybridized carbons (Fsp3) is 0.533. The lowest BCUT2D eigenvalue weighted by Gasteiger charge is -2.16. The van der Waals surface area contributed by atoms with Crippen LogP contribution in [-0.2, 0) is 9.53 Å². The van der Waals surface area contributed by atoms with Gasteiger partial charge in [-0.2, -0.15) is 0 Å². The van der Waals surface area contributed by atoms with Crippen LogP contribution >= 0.6 is 0 Å². The van der Waals surface area contributed by atoms with Gasteiger partial charge in [-0.05, 0) is 24.3 Å². The Balaban J connectivity index is 1.78. The normalized spacial score (nSPS) is 24.1. The predicted octanol–water partition coefficient (Wildman–Crippen LogP) is 1.41. The Bertz CT molecular complexity index is 408. The van der Waals surface area contributed by atoms with E-state index in [0.29, 0.717) is 19.0 Å². The maximum absolute atomic E-state index is 12.0. The van der Waals surface area contributed by atoms with Gasteiger partial charge >= 0.3 is 0 Å². The predicted molar refractivity (Wildman–Crippen MR) is 74.8 cm³/mol. The molecule has 3 atom stereocenters. The van der Waals surface area contributed by atoms with Crippen molar-refractivity contribution in [1.29, 1.82) is 0 Å². The van der Waals surface area contributed by atoms with Gasteiger partial charge in [0, 0.05) is 13.1 Å². The average molecular weight is 262 g/mol. The highest BCUT2D eigenvalue weighted by atomic mass is 16.5. The van der Waals surface area contributed by atoms with E-state index in [0.717, 1.165) is 12.8 Å². The summed E-state index contributed by atoms with van der Waals surface area (Å²) in [7, 11) is 0. The van der Waals surface area contributed by atoms with Crippen LogP contribution in [0.4, 0.5) is 0 Å². The molecule has 0 aromatic heterocycles. The summed E-state index contributed by atoms with van der Waals surface area (Å²) in [6.07, 6.45) is 1.37. The maximum atomic E-state index is 12.0. The standard InChI is InChI=1S/C15H22N2O2/c1-11(12-5-3-2-4-6-12)10-17-15(18)14-8-7-13(9-16)19-14/h2-6,11,13-14H,7-10,16H2,1H3,(H,17,18). The van der Waals surface area contributed by atoms with Gasteiger partial charge in [-0.25, -0.2) is 0 Å². The molecule has 0 bridgehead atoms. The maximum Gasteiger partial charge on any atom is 0.249 e. The third-order valence-electron chi connectivity index (χ3n) is 3.61. The van der Waals surface area contributed by atoms with Gasteiger partial charge in [0.1, 0.15) is 6.10 Å². The number of benzene rings is 1. The van der Waals surface area contributed by atoms with Gasteiger partial charge in [-0.3, -0.25) is 4.79 Å². The third-order valence-corrected chi connectivity index (χ3v) is 3.61. The fourth-order valence-corrected chi connectivity index (χ4v) is 2.34. The minimum Gasteiger partial charge on any atom is -0.364 e. The zero-order valence-corrected chi connectivity index (χ0v) is 11.3. The molecule has 1 fully saturated rings. The SMILES string of the molecule is CC(CNC(=O)C1CCC(CN)O1)c1ccccc1. The number of nitrogens with two attached hydrogens (primary N) is 1. The molecule has 104 valence electrons. The van der Waals surface area contributed by atoms with E-state index in [9.17, 15) is 4.79 Å². The molecule has 1 aliphatic rings. The molecular formula is C15H22N2O2. The minimum absolute atomic E-state index is 0.0151. The molecule has 1 amide bonds. The van der Waals surface area contributed by atoms with Gasteiger partial charge < -0.3 is 15.8 Å². The van der Waals surface area contributed by atoms with Crippen LogP contribution in [0.25, 0.3) is 0 Å². The molecule has 3 N–H and O–H groups in total. The van der Waals surface area contributed by atoms with Crippen LogP contribution in [0.5, 0.6) is 0 Å². The van der Waals surface area contributed by atoms with Gasteiger partial charge in [0.15, 0.2) is 0 Å². The Morgan fingerprint density at radius 3 is 2.79 bits per heavy atom. The van der Waals surface area contributed by atoms with Crippen molar-refractivity contribution in [3.8, 4) is 0 Å². The van der Waals surface area contributed by atoms with Gasteiger partial charge in [-0.1, -0.05) is 37.3 Å². The Hall–Kier alpha value is -1.39. The fourth-order valence-electron chi connectivity index (χ4n) is 2.34. The summed E-state index contributed by atoms with van der Waals surface area (Å²) >= 11 is 0. The van der Waals surface area contributed by atoms with Crippen LogP contribution in [0, 0.1) is 0 Å². The first-order chi connectivity index (χ1) is 9.20. The van der Waals surface area contributed by atoms with E-state index in [-0.39, 0.29) is 18.1 Å². The summed E-state index contributed by atoms with van der Waals surface area (Å²) in [6.45, 7) is 3.23. The molecule has 0 saturated carbocycles. The van der Waals surface area contributed by atoms with E-state index in [1.54, 1.807) is 0 Å². The van der Waals surface area contributed by atoms with Crippen LogP contribution in [0.1, 0.15) is 31.2 Å². The largest absolute Gasteiger partial charge is 0.364 e. The molecule has 4 heteroatoms. The van der Waals surface area contributed by atoms with E-state index >= 15 is 0 Å². The van der Waals surface area contributed by atoms with Crippen LogP contribution in [0.2, 0.25) is 0 Å². The highest BCUT2D eigenvalue weighted by Crippen LogP contribution is 2.19.